The minimum Gasteiger partial charge on any atom is -0.394 e. The molecule has 1 amide bonds. The first-order chi connectivity index (χ1) is 23.8. The van der Waals surface area contributed by atoms with E-state index in [1.165, 1.54) is 14.2 Å². The lowest BCUT2D eigenvalue weighted by Crippen LogP contribution is -2.71. The summed E-state index contributed by atoms with van der Waals surface area (Å²) in [5, 5.41) is 86.7. The van der Waals surface area contributed by atoms with E-state index in [4.69, 9.17) is 59.8 Å². The van der Waals surface area contributed by atoms with Crippen molar-refractivity contribution in [2.75, 3.05) is 40.6 Å². The SMILES string of the molecule is CO[C@@H]1OC(CO)C(OC2O[C@@H](CO)[C@@H](O[C@@H]3OC(CO)C(OC4O[C@@H](CO)[C@@H](OC)C(O)C4N)[C@@H](O)[C@@H]3NC(C)=O)C(O)C2N)[C@@H](O)[C@@H]1N. The Hall–Kier alpha value is -1.33. The Balaban J connectivity index is 1.51. The number of rotatable bonds is 13. The maximum absolute atomic E-state index is 12.2. The molecule has 0 bridgehead atoms. The van der Waals surface area contributed by atoms with E-state index in [1.54, 1.807) is 0 Å². The quantitative estimate of drug-likeness (QED) is 0.0836. The van der Waals surface area contributed by atoms with Crippen LogP contribution in [0.15, 0.2) is 0 Å². The molecule has 15 N–H and O–H groups in total. The summed E-state index contributed by atoms with van der Waals surface area (Å²) in [5.41, 5.74) is 18.4. The molecule has 10 unspecified atom stereocenters. The Morgan fingerprint density at radius 1 is 0.560 bits per heavy atom. The van der Waals surface area contributed by atoms with Gasteiger partial charge in [0.25, 0.3) is 0 Å². The lowest BCUT2D eigenvalue weighted by molar-refractivity contribution is -0.360. The molecule has 4 saturated heterocycles. The number of carbonyl (C=O) groups excluding carboxylic acids is 1. The molecule has 292 valence electrons. The zero-order valence-electron chi connectivity index (χ0n) is 27.8. The van der Waals surface area contributed by atoms with Gasteiger partial charge in [0.1, 0.15) is 79.3 Å². The summed E-state index contributed by atoms with van der Waals surface area (Å²) >= 11 is 0. The fraction of sp³-hybridized carbons (Fsp3) is 0.964. The van der Waals surface area contributed by atoms with Gasteiger partial charge in [0.15, 0.2) is 25.2 Å². The van der Waals surface area contributed by atoms with Gasteiger partial charge in [0, 0.05) is 21.1 Å². The van der Waals surface area contributed by atoms with Crippen molar-refractivity contribution in [2.45, 2.75) is 129 Å². The summed E-state index contributed by atoms with van der Waals surface area (Å²) in [6.45, 7) is -1.62. The van der Waals surface area contributed by atoms with Crippen molar-refractivity contribution in [1.82, 2.24) is 5.32 Å². The second kappa shape index (κ2) is 18.1. The topological polar surface area (TPSA) is 352 Å². The molecule has 0 saturated carbocycles. The van der Waals surface area contributed by atoms with E-state index in [2.05, 4.69) is 5.32 Å². The normalized spacial score (nSPS) is 48.7. The van der Waals surface area contributed by atoms with Crippen LogP contribution in [0.2, 0.25) is 0 Å². The van der Waals surface area contributed by atoms with Crippen molar-refractivity contribution >= 4 is 5.91 Å². The second-order valence-electron chi connectivity index (χ2n) is 12.6. The lowest BCUT2D eigenvalue weighted by Gasteiger charge is -2.50. The molecule has 20 atom stereocenters. The van der Waals surface area contributed by atoms with Crippen LogP contribution >= 0.6 is 0 Å². The van der Waals surface area contributed by atoms with Crippen LogP contribution in [0, 0.1) is 0 Å². The fourth-order valence-electron chi connectivity index (χ4n) is 6.55. The van der Waals surface area contributed by atoms with E-state index >= 15 is 0 Å². The number of aliphatic hydroxyl groups excluding tert-OH is 8. The Bertz CT molecular complexity index is 1070. The van der Waals surface area contributed by atoms with Gasteiger partial charge >= 0.3 is 0 Å². The predicted octanol–water partition coefficient (Wildman–Crippen LogP) is -8.40. The molecule has 0 aromatic carbocycles. The highest BCUT2D eigenvalue weighted by atomic mass is 16.8. The third-order valence-corrected chi connectivity index (χ3v) is 9.30. The molecule has 50 heavy (non-hydrogen) atoms. The molecule has 0 spiro atoms. The fourth-order valence-corrected chi connectivity index (χ4v) is 6.55. The maximum atomic E-state index is 12.2. The van der Waals surface area contributed by atoms with Gasteiger partial charge < -0.3 is 106 Å². The molecule has 22 heteroatoms. The van der Waals surface area contributed by atoms with Crippen LogP contribution < -0.4 is 22.5 Å². The van der Waals surface area contributed by atoms with Crippen molar-refractivity contribution in [2.24, 2.45) is 17.2 Å². The number of carbonyl (C=O) groups is 1. The van der Waals surface area contributed by atoms with Crippen LogP contribution in [0.25, 0.3) is 0 Å². The van der Waals surface area contributed by atoms with Crippen LogP contribution in [0.3, 0.4) is 0 Å². The van der Waals surface area contributed by atoms with Gasteiger partial charge in [0.05, 0.1) is 44.6 Å². The van der Waals surface area contributed by atoms with Crippen LogP contribution in [-0.2, 0) is 47.4 Å². The molecule has 4 heterocycles. The summed E-state index contributed by atoms with van der Waals surface area (Å²) < 4.78 is 51.0. The lowest BCUT2D eigenvalue weighted by atomic mass is 9.93. The molecule has 22 nitrogen and oxygen atoms in total. The van der Waals surface area contributed by atoms with Crippen LogP contribution in [-0.4, -0.2) is 210 Å². The van der Waals surface area contributed by atoms with Crippen molar-refractivity contribution < 1.29 is 88.3 Å². The number of hydrogen-bond donors (Lipinski definition) is 12. The summed E-state index contributed by atoms with van der Waals surface area (Å²) in [5.74, 6) is -0.651. The van der Waals surface area contributed by atoms with Crippen LogP contribution in [0.1, 0.15) is 6.92 Å². The monoisotopic (exact) mass is 732 g/mol. The van der Waals surface area contributed by atoms with E-state index in [0.717, 1.165) is 6.92 Å². The second-order valence-corrected chi connectivity index (χ2v) is 12.6. The Morgan fingerprint density at radius 3 is 1.30 bits per heavy atom. The minimum atomic E-state index is -1.71. The minimum absolute atomic E-state index is 0.579. The first kappa shape index (κ1) is 41.4. The summed E-state index contributed by atoms with van der Waals surface area (Å²) in [6.07, 6.45) is -22.1. The molecule has 4 aliphatic heterocycles. The van der Waals surface area contributed by atoms with E-state index < -0.39 is 155 Å². The molecule has 0 aromatic rings. The van der Waals surface area contributed by atoms with E-state index in [1.807, 2.05) is 0 Å². The van der Waals surface area contributed by atoms with Crippen molar-refractivity contribution in [1.29, 1.82) is 0 Å². The van der Waals surface area contributed by atoms with Gasteiger partial charge in [0.2, 0.25) is 5.91 Å². The Morgan fingerprint density at radius 2 is 0.900 bits per heavy atom. The van der Waals surface area contributed by atoms with E-state index in [0.29, 0.717) is 0 Å². The van der Waals surface area contributed by atoms with Gasteiger partial charge in [-0.25, -0.2) is 0 Å². The number of methoxy groups -OCH3 is 2. The highest BCUT2D eigenvalue weighted by Crippen LogP contribution is 2.34. The molecule has 0 radical (unpaired) electrons. The van der Waals surface area contributed by atoms with E-state index in [-0.39, 0.29) is 0 Å². The van der Waals surface area contributed by atoms with Crippen molar-refractivity contribution in [3.8, 4) is 0 Å². The Labute approximate surface area is 287 Å². The first-order valence-electron chi connectivity index (χ1n) is 16.1. The standard InChI is InChI=1S/C28H52N4O18/c1-8(37)32-16-20(41)24(49-26-14(30)17(38)21(42-2)9(4-33)45-26)12(7-36)47-28(16)50-23-11(6-35)46-27(15(31)19(23)40)48-22-10(5-34)44-25(43-3)13(29)18(22)39/h9-28,33-36,38-41H,4-7,29-31H2,1-3H3,(H,32,37)/t9-,10?,11-,12?,13-,14?,15?,16-,17?,18-,19?,20-,21+,22?,23+,24?,25+,26?,27?,28-/m0/s1. The predicted molar refractivity (Wildman–Crippen MR) is 161 cm³/mol. The van der Waals surface area contributed by atoms with Gasteiger partial charge in [-0.3, -0.25) is 4.79 Å². The number of aliphatic hydroxyl groups is 8. The third-order valence-electron chi connectivity index (χ3n) is 9.30. The number of ether oxygens (including phenoxy) is 9. The Kier molecular flexibility index (Phi) is 15.0. The third kappa shape index (κ3) is 8.55. The zero-order chi connectivity index (χ0) is 37.0. The molecular weight excluding hydrogens is 680 g/mol. The van der Waals surface area contributed by atoms with Crippen molar-refractivity contribution in [3.63, 3.8) is 0 Å². The molecule has 4 rings (SSSR count). The summed E-state index contributed by atoms with van der Waals surface area (Å²) in [7, 11) is 2.59. The average molecular weight is 733 g/mol. The van der Waals surface area contributed by atoms with Crippen LogP contribution in [0.5, 0.6) is 0 Å². The van der Waals surface area contributed by atoms with Gasteiger partial charge in [-0.05, 0) is 0 Å². The van der Waals surface area contributed by atoms with Gasteiger partial charge in [-0.2, -0.15) is 0 Å². The summed E-state index contributed by atoms with van der Waals surface area (Å²) in [4.78, 5) is 12.2. The smallest absolute Gasteiger partial charge is 0.217 e. The average Bonchev–Trinajstić information content (AvgIpc) is 3.10. The number of nitrogens with two attached hydrogens (primary N) is 3. The highest BCUT2D eigenvalue weighted by molar-refractivity contribution is 5.73. The van der Waals surface area contributed by atoms with Crippen molar-refractivity contribution in [3.05, 3.63) is 0 Å². The maximum Gasteiger partial charge on any atom is 0.217 e. The molecule has 0 aliphatic carbocycles. The molecule has 0 aromatic heterocycles. The summed E-state index contributed by atoms with van der Waals surface area (Å²) in [6, 6.07) is -5.21. The number of nitrogens with one attached hydrogen (secondary N) is 1. The zero-order valence-corrected chi connectivity index (χ0v) is 27.8. The van der Waals surface area contributed by atoms with E-state index in [9.17, 15) is 45.6 Å². The number of amides is 1. The highest BCUT2D eigenvalue weighted by Gasteiger charge is 2.55. The molecule has 4 aliphatic rings. The molecular formula is C28H52N4O18. The van der Waals surface area contributed by atoms with Gasteiger partial charge in [-0.15, -0.1) is 0 Å². The molecule has 4 fully saturated rings. The first-order valence-corrected chi connectivity index (χ1v) is 16.1. The van der Waals surface area contributed by atoms with Crippen LogP contribution in [0.4, 0.5) is 0 Å². The number of hydrogen-bond acceptors (Lipinski definition) is 21. The largest absolute Gasteiger partial charge is 0.394 e. The van der Waals surface area contributed by atoms with Gasteiger partial charge in [-0.1, -0.05) is 0 Å².